The van der Waals surface area contributed by atoms with Gasteiger partial charge in [-0.15, -0.1) is 6.58 Å². The lowest BCUT2D eigenvalue weighted by Gasteiger charge is -2.05. The molecule has 0 aliphatic heterocycles. The van der Waals surface area contributed by atoms with Gasteiger partial charge in [-0.05, 0) is 37.8 Å². The number of allylic oxidation sites excluding steroid dienone is 3. The molecule has 0 amide bonds. The summed E-state index contributed by atoms with van der Waals surface area (Å²) in [5, 5.41) is 0. The smallest absolute Gasteiger partial charge is 0.114 e. The lowest BCUT2D eigenvalue weighted by molar-refractivity contribution is 0.222. The molecule has 0 spiro atoms. The summed E-state index contributed by atoms with van der Waals surface area (Å²) in [6, 6.07) is 0. The highest BCUT2D eigenvalue weighted by Crippen LogP contribution is 2.04. The summed E-state index contributed by atoms with van der Waals surface area (Å²) >= 11 is 0. The van der Waals surface area contributed by atoms with E-state index in [9.17, 15) is 0 Å². The molecule has 0 rings (SSSR count). The van der Waals surface area contributed by atoms with Gasteiger partial charge in [0.2, 0.25) is 0 Å². The molecule has 0 aromatic heterocycles. The highest BCUT2D eigenvalue weighted by molar-refractivity contribution is 5.15. The highest BCUT2D eigenvalue weighted by Gasteiger charge is 1.91. The predicted molar refractivity (Wildman–Crippen MR) is 96.3 cm³/mol. The molecule has 0 aliphatic rings. The summed E-state index contributed by atoms with van der Waals surface area (Å²) in [5.41, 5.74) is 0.906. The van der Waals surface area contributed by atoms with Crippen LogP contribution >= 0.6 is 0 Å². The minimum Gasteiger partial charge on any atom is -0.494 e. The number of rotatable bonds is 9. The van der Waals surface area contributed by atoms with Crippen molar-refractivity contribution < 1.29 is 9.47 Å². The van der Waals surface area contributed by atoms with Gasteiger partial charge in [0, 0.05) is 0 Å². The first-order valence-electron chi connectivity index (χ1n) is 7.43. The van der Waals surface area contributed by atoms with Crippen LogP contribution < -0.4 is 0 Å². The van der Waals surface area contributed by atoms with Crippen LogP contribution in [0.5, 0.6) is 0 Å². The van der Waals surface area contributed by atoms with Crippen molar-refractivity contribution in [1.29, 1.82) is 0 Å². The van der Waals surface area contributed by atoms with E-state index in [-0.39, 0.29) is 0 Å². The average molecular weight is 294 g/mol. The first kappa shape index (κ1) is 24.3. The first-order valence-corrected chi connectivity index (χ1v) is 7.43. The van der Waals surface area contributed by atoms with E-state index in [0.29, 0.717) is 11.5 Å². The van der Waals surface area contributed by atoms with Crippen molar-refractivity contribution >= 4 is 0 Å². The summed E-state index contributed by atoms with van der Waals surface area (Å²) in [7, 11) is 0. The Labute approximate surface area is 132 Å². The van der Waals surface area contributed by atoms with Gasteiger partial charge >= 0.3 is 0 Å². The maximum absolute atomic E-state index is 5.16. The van der Waals surface area contributed by atoms with Crippen molar-refractivity contribution in [2.45, 2.75) is 47.0 Å². The molecule has 0 aliphatic carbocycles. The largest absolute Gasteiger partial charge is 0.494 e. The summed E-state index contributed by atoms with van der Waals surface area (Å²) in [6.45, 7) is 27.4. The second kappa shape index (κ2) is 20.6. The Balaban J connectivity index is -0.000000249. The van der Waals surface area contributed by atoms with Gasteiger partial charge in [0.05, 0.1) is 13.2 Å². The Bertz CT molecular complexity index is 301. The highest BCUT2D eigenvalue weighted by atomic mass is 16.5. The van der Waals surface area contributed by atoms with E-state index in [4.69, 9.17) is 9.47 Å². The van der Waals surface area contributed by atoms with E-state index in [2.05, 4.69) is 53.7 Å². The fourth-order valence-electron chi connectivity index (χ4n) is 0.641. The summed E-state index contributed by atoms with van der Waals surface area (Å²) in [4.78, 5) is 0. The standard InChI is InChI=1S/C8H14O.C7H12O.C4H8/c1-5-6-9-8(4)7(2)3;1-4-6-8-7(3)5-2;1-3-4-2/h2,4-6H2,1,3H3;5H,2-4,6H2,1H3;3H,1,4H2,2H3. The van der Waals surface area contributed by atoms with Crippen LogP contribution in [0, 0.1) is 0 Å². The van der Waals surface area contributed by atoms with Gasteiger partial charge in [0.1, 0.15) is 11.5 Å². The molecule has 2 heteroatoms. The zero-order valence-electron chi connectivity index (χ0n) is 14.5. The zero-order chi connectivity index (χ0) is 17.1. The third kappa shape index (κ3) is 27.5. The van der Waals surface area contributed by atoms with Gasteiger partial charge in [0.25, 0.3) is 0 Å². The predicted octanol–water partition coefficient (Wildman–Crippen LogP) is 6.20. The molecule has 0 saturated heterocycles. The van der Waals surface area contributed by atoms with Crippen molar-refractivity contribution in [3.8, 4) is 0 Å². The van der Waals surface area contributed by atoms with Gasteiger partial charge in [-0.3, -0.25) is 0 Å². The molecular formula is C19H34O2. The van der Waals surface area contributed by atoms with Gasteiger partial charge in [-0.2, -0.15) is 0 Å². The monoisotopic (exact) mass is 294 g/mol. The van der Waals surface area contributed by atoms with E-state index >= 15 is 0 Å². The van der Waals surface area contributed by atoms with Gasteiger partial charge in [0.15, 0.2) is 0 Å². The minimum atomic E-state index is 0.659. The normalized spacial score (nSPS) is 8.00. The van der Waals surface area contributed by atoms with Crippen molar-refractivity contribution in [3.63, 3.8) is 0 Å². The molecule has 0 radical (unpaired) electrons. The maximum Gasteiger partial charge on any atom is 0.114 e. The lowest BCUT2D eigenvalue weighted by Crippen LogP contribution is -1.92. The van der Waals surface area contributed by atoms with E-state index in [1.165, 1.54) is 0 Å². The average Bonchev–Trinajstić information content (AvgIpc) is 2.50. The third-order valence-corrected chi connectivity index (χ3v) is 1.96. The Morgan fingerprint density at radius 3 is 1.62 bits per heavy atom. The van der Waals surface area contributed by atoms with Crippen LogP contribution in [0.15, 0.2) is 62.1 Å². The molecule has 0 bridgehead atoms. The van der Waals surface area contributed by atoms with Crippen LogP contribution in [-0.4, -0.2) is 13.2 Å². The molecule has 0 fully saturated rings. The SMILES string of the molecule is C=C(C)C(=C)OCCC.C=CC(=C)OCCC.C=CCC. The second-order valence-electron chi connectivity index (χ2n) is 4.27. The molecular weight excluding hydrogens is 260 g/mol. The molecule has 0 saturated carbocycles. The molecule has 21 heavy (non-hydrogen) atoms. The molecule has 0 aromatic rings. The second-order valence-corrected chi connectivity index (χ2v) is 4.27. The van der Waals surface area contributed by atoms with Crippen molar-refractivity contribution in [3.05, 3.63) is 62.1 Å². The molecule has 122 valence electrons. The first-order chi connectivity index (χ1) is 9.90. The maximum atomic E-state index is 5.16. The fraction of sp³-hybridized carbons (Fsp3) is 0.474. The molecule has 2 nitrogen and oxygen atoms in total. The molecule has 0 heterocycles. The van der Waals surface area contributed by atoms with E-state index in [0.717, 1.165) is 38.0 Å². The summed E-state index contributed by atoms with van der Waals surface area (Å²) in [6.07, 6.45) is 6.61. The third-order valence-electron chi connectivity index (χ3n) is 1.96. The van der Waals surface area contributed by atoms with E-state index in [1.807, 2.05) is 13.0 Å². The Hall–Kier alpha value is -1.70. The van der Waals surface area contributed by atoms with Crippen LogP contribution in [0.4, 0.5) is 0 Å². The molecule has 0 N–H and O–H groups in total. The van der Waals surface area contributed by atoms with Crippen molar-refractivity contribution in [2.75, 3.05) is 13.2 Å². The summed E-state index contributed by atoms with van der Waals surface area (Å²) < 4.78 is 10.2. The number of ether oxygens (including phenoxy) is 2. The van der Waals surface area contributed by atoms with Crippen molar-refractivity contribution in [1.82, 2.24) is 0 Å². The number of hydrogen-bond acceptors (Lipinski definition) is 2. The van der Waals surface area contributed by atoms with Crippen molar-refractivity contribution in [2.24, 2.45) is 0 Å². The lowest BCUT2D eigenvalue weighted by atomic mass is 10.3. The van der Waals surface area contributed by atoms with Crippen LogP contribution in [0.25, 0.3) is 0 Å². The van der Waals surface area contributed by atoms with Crippen LogP contribution in [-0.2, 0) is 9.47 Å². The minimum absolute atomic E-state index is 0.659. The van der Waals surface area contributed by atoms with Gasteiger partial charge in [-0.1, -0.05) is 53.2 Å². The Kier molecular flexibility index (Phi) is 23.9. The van der Waals surface area contributed by atoms with Gasteiger partial charge in [-0.25, -0.2) is 0 Å². The Morgan fingerprint density at radius 1 is 0.905 bits per heavy atom. The van der Waals surface area contributed by atoms with E-state index in [1.54, 1.807) is 6.08 Å². The van der Waals surface area contributed by atoms with E-state index < -0.39 is 0 Å². The molecule has 0 unspecified atom stereocenters. The van der Waals surface area contributed by atoms with Crippen LogP contribution in [0.3, 0.4) is 0 Å². The van der Waals surface area contributed by atoms with Crippen LogP contribution in [0.1, 0.15) is 47.0 Å². The fourth-order valence-corrected chi connectivity index (χ4v) is 0.641. The Morgan fingerprint density at radius 2 is 1.33 bits per heavy atom. The molecule has 0 aromatic carbocycles. The quantitative estimate of drug-likeness (QED) is 0.286. The summed E-state index contributed by atoms with van der Waals surface area (Å²) in [5.74, 6) is 1.36. The van der Waals surface area contributed by atoms with Crippen LogP contribution in [0.2, 0.25) is 0 Å². The number of hydrogen-bond donors (Lipinski definition) is 0. The topological polar surface area (TPSA) is 18.5 Å². The zero-order valence-corrected chi connectivity index (χ0v) is 14.5. The van der Waals surface area contributed by atoms with Gasteiger partial charge < -0.3 is 9.47 Å². The molecule has 0 atom stereocenters.